The second-order valence-electron chi connectivity index (χ2n) is 5.60. The van der Waals surface area contributed by atoms with Crippen LogP contribution in [-0.2, 0) is 0 Å². The highest BCUT2D eigenvalue weighted by molar-refractivity contribution is 9.10. The fourth-order valence-corrected chi connectivity index (χ4v) is 2.85. The van der Waals surface area contributed by atoms with Gasteiger partial charge in [0.1, 0.15) is 12.1 Å². The molecule has 1 N–H and O–H groups in total. The van der Waals surface area contributed by atoms with Gasteiger partial charge in [0.15, 0.2) is 0 Å². The van der Waals surface area contributed by atoms with Crippen LogP contribution in [0.1, 0.15) is 27.7 Å². The van der Waals surface area contributed by atoms with Crippen molar-refractivity contribution in [3.63, 3.8) is 0 Å². The van der Waals surface area contributed by atoms with E-state index in [1.54, 1.807) is 12.5 Å². The molecule has 0 aromatic carbocycles. The third-order valence-corrected chi connectivity index (χ3v) is 5.04. The van der Waals surface area contributed by atoms with E-state index in [9.17, 15) is 0 Å². The average molecular weight is 284 g/mol. The van der Waals surface area contributed by atoms with Gasteiger partial charge in [-0.3, -0.25) is 0 Å². The van der Waals surface area contributed by atoms with E-state index in [0.29, 0.717) is 16.7 Å². The topological polar surface area (TPSA) is 37.8 Å². The molecule has 0 spiro atoms. The second-order valence-corrected chi connectivity index (χ2v) is 6.45. The molecule has 1 saturated carbocycles. The quantitative estimate of drug-likeness (QED) is 0.925. The van der Waals surface area contributed by atoms with Crippen molar-refractivity contribution in [1.82, 2.24) is 9.97 Å². The van der Waals surface area contributed by atoms with E-state index in [1.807, 2.05) is 0 Å². The van der Waals surface area contributed by atoms with Crippen LogP contribution in [-0.4, -0.2) is 16.5 Å². The summed E-state index contributed by atoms with van der Waals surface area (Å²) in [7, 11) is 0. The van der Waals surface area contributed by atoms with E-state index < -0.39 is 0 Å². The summed E-state index contributed by atoms with van der Waals surface area (Å²) in [6.45, 7) is 10.3. The van der Waals surface area contributed by atoms with Crippen molar-refractivity contribution in [2.24, 2.45) is 16.7 Å². The maximum absolute atomic E-state index is 4.20. The molecule has 1 aliphatic carbocycles. The van der Waals surface area contributed by atoms with Gasteiger partial charge in [-0.25, -0.2) is 9.97 Å². The van der Waals surface area contributed by atoms with Gasteiger partial charge in [-0.15, -0.1) is 0 Å². The third-order valence-electron chi connectivity index (χ3n) is 4.46. The number of anilines is 1. The van der Waals surface area contributed by atoms with E-state index in [1.165, 1.54) is 0 Å². The van der Waals surface area contributed by atoms with Crippen LogP contribution >= 0.6 is 15.9 Å². The van der Waals surface area contributed by atoms with Crippen LogP contribution in [0, 0.1) is 16.7 Å². The van der Waals surface area contributed by atoms with Crippen molar-refractivity contribution in [2.45, 2.75) is 27.7 Å². The average Bonchev–Trinajstić information content (AvgIpc) is 2.58. The maximum Gasteiger partial charge on any atom is 0.143 e. The molecule has 88 valence electrons. The monoisotopic (exact) mass is 283 g/mol. The Morgan fingerprint density at radius 1 is 1.31 bits per heavy atom. The van der Waals surface area contributed by atoms with Gasteiger partial charge in [-0.1, -0.05) is 27.7 Å². The Morgan fingerprint density at radius 2 is 1.94 bits per heavy atom. The summed E-state index contributed by atoms with van der Waals surface area (Å²) in [6, 6.07) is 0. The summed E-state index contributed by atoms with van der Waals surface area (Å²) in [6.07, 6.45) is 3.33. The molecule has 1 aromatic heterocycles. The molecule has 16 heavy (non-hydrogen) atoms. The fraction of sp³-hybridized carbons (Fsp3) is 0.667. The molecular weight excluding hydrogens is 266 g/mol. The van der Waals surface area contributed by atoms with Gasteiger partial charge >= 0.3 is 0 Å². The fourth-order valence-electron chi connectivity index (χ4n) is 2.48. The number of halogens is 1. The molecular formula is C12H18BrN3. The first-order valence-electron chi connectivity index (χ1n) is 5.57. The maximum atomic E-state index is 4.20. The summed E-state index contributed by atoms with van der Waals surface area (Å²) in [5.41, 5.74) is 0.832. The van der Waals surface area contributed by atoms with Crippen LogP contribution in [0.2, 0.25) is 0 Å². The standard InChI is InChI=1S/C12H18BrN3/c1-11(2)9(12(11,3)4)6-15-10-8(13)5-14-7-16-10/h5,7,9H,6H2,1-4H3,(H,14,15,16). The van der Waals surface area contributed by atoms with Gasteiger partial charge in [0.2, 0.25) is 0 Å². The highest BCUT2D eigenvalue weighted by Gasteiger charge is 2.64. The second kappa shape index (κ2) is 3.69. The zero-order valence-corrected chi connectivity index (χ0v) is 11.8. The number of hydrogen-bond acceptors (Lipinski definition) is 3. The first-order chi connectivity index (χ1) is 7.37. The van der Waals surface area contributed by atoms with Gasteiger partial charge in [0, 0.05) is 12.7 Å². The Labute approximate surface area is 105 Å². The summed E-state index contributed by atoms with van der Waals surface area (Å²) in [5, 5.41) is 3.39. The molecule has 0 bridgehead atoms. The smallest absolute Gasteiger partial charge is 0.143 e. The Balaban J connectivity index is 1.98. The van der Waals surface area contributed by atoms with E-state index in [4.69, 9.17) is 0 Å². The number of nitrogens with one attached hydrogen (secondary N) is 1. The van der Waals surface area contributed by atoms with Gasteiger partial charge in [-0.05, 0) is 32.7 Å². The SMILES string of the molecule is CC1(C)C(CNc2ncncc2Br)C1(C)C. The molecule has 1 aliphatic rings. The molecule has 0 radical (unpaired) electrons. The van der Waals surface area contributed by atoms with Gasteiger partial charge in [-0.2, -0.15) is 0 Å². The van der Waals surface area contributed by atoms with Crippen molar-refractivity contribution in [2.75, 3.05) is 11.9 Å². The predicted octanol–water partition coefficient (Wildman–Crippen LogP) is 3.33. The minimum Gasteiger partial charge on any atom is -0.369 e. The molecule has 2 rings (SSSR count). The van der Waals surface area contributed by atoms with E-state index in [0.717, 1.165) is 16.8 Å². The van der Waals surface area contributed by atoms with Crippen molar-refractivity contribution < 1.29 is 0 Å². The minimum absolute atomic E-state index is 0.416. The number of nitrogens with zero attached hydrogens (tertiary/aromatic N) is 2. The molecule has 0 saturated heterocycles. The Morgan fingerprint density at radius 3 is 2.44 bits per heavy atom. The predicted molar refractivity (Wildman–Crippen MR) is 69.3 cm³/mol. The zero-order chi connectivity index (χ0) is 12.0. The molecule has 1 fully saturated rings. The van der Waals surface area contributed by atoms with Gasteiger partial charge in [0.25, 0.3) is 0 Å². The summed E-state index contributed by atoms with van der Waals surface area (Å²) in [4.78, 5) is 8.15. The summed E-state index contributed by atoms with van der Waals surface area (Å²) in [5.74, 6) is 1.58. The first-order valence-corrected chi connectivity index (χ1v) is 6.36. The van der Waals surface area contributed by atoms with Crippen LogP contribution in [0.5, 0.6) is 0 Å². The molecule has 0 atom stereocenters. The number of rotatable bonds is 3. The lowest BCUT2D eigenvalue weighted by atomic mass is 10.0. The van der Waals surface area contributed by atoms with Gasteiger partial charge in [0.05, 0.1) is 4.47 Å². The highest BCUT2D eigenvalue weighted by atomic mass is 79.9. The normalized spacial score (nSPS) is 21.8. The lowest BCUT2D eigenvalue weighted by Gasteiger charge is -2.07. The molecule has 1 aromatic rings. The lowest BCUT2D eigenvalue weighted by Crippen LogP contribution is -2.09. The molecule has 1 heterocycles. The number of aromatic nitrogens is 2. The van der Waals surface area contributed by atoms with Crippen molar-refractivity contribution in [3.8, 4) is 0 Å². The van der Waals surface area contributed by atoms with Crippen LogP contribution in [0.4, 0.5) is 5.82 Å². The van der Waals surface area contributed by atoms with E-state index >= 15 is 0 Å². The molecule has 0 aliphatic heterocycles. The lowest BCUT2D eigenvalue weighted by molar-refractivity contribution is 0.457. The summed E-state index contributed by atoms with van der Waals surface area (Å²) < 4.78 is 0.922. The van der Waals surface area contributed by atoms with Crippen LogP contribution in [0.3, 0.4) is 0 Å². The van der Waals surface area contributed by atoms with Crippen LogP contribution in [0.25, 0.3) is 0 Å². The molecule has 3 nitrogen and oxygen atoms in total. The van der Waals surface area contributed by atoms with Crippen molar-refractivity contribution in [3.05, 3.63) is 17.0 Å². The van der Waals surface area contributed by atoms with E-state index in [-0.39, 0.29) is 0 Å². The summed E-state index contributed by atoms with van der Waals surface area (Å²) >= 11 is 3.44. The highest BCUT2D eigenvalue weighted by Crippen LogP contribution is 2.68. The zero-order valence-electron chi connectivity index (χ0n) is 10.2. The Kier molecular flexibility index (Phi) is 2.73. The Bertz CT molecular complexity index is 387. The van der Waals surface area contributed by atoms with Crippen LogP contribution < -0.4 is 5.32 Å². The van der Waals surface area contributed by atoms with Crippen molar-refractivity contribution in [1.29, 1.82) is 0 Å². The third kappa shape index (κ3) is 1.73. The molecule has 4 heteroatoms. The van der Waals surface area contributed by atoms with Gasteiger partial charge < -0.3 is 5.32 Å². The van der Waals surface area contributed by atoms with Crippen molar-refractivity contribution >= 4 is 21.7 Å². The molecule has 0 amide bonds. The Hall–Kier alpha value is -0.640. The first kappa shape index (κ1) is 11.8. The van der Waals surface area contributed by atoms with E-state index in [2.05, 4.69) is 58.9 Å². The van der Waals surface area contributed by atoms with Crippen LogP contribution in [0.15, 0.2) is 17.0 Å². The largest absolute Gasteiger partial charge is 0.369 e. The minimum atomic E-state index is 0.416. The number of hydrogen-bond donors (Lipinski definition) is 1. The molecule has 0 unspecified atom stereocenters.